The van der Waals surface area contributed by atoms with Gasteiger partial charge < -0.3 is 10.2 Å². The first-order valence-corrected chi connectivity index (χ1v) is 10.1. The summed E-state index contributed by atoms with van der Waals surface area (Å²) < 4.78 is 37.8. The molecule has 2 aliphatic heterocycles. The Labute approximate surface area is 156 Å². The van der Waals surface area contributed by atoms with Crippen molar-refractivity contribution in [2.24, 2.45) is 4.99 Å². The summed E-state index contributed by atoms with van der Waals surface area (Å²) in [6.45, 7) is 4.85. The minimum absolute atomic E-state index is 0.461. The van der Waals surface area contributed by atoms with Crippen molar-refractivity contribution in [1.82, 2.24) is 20.1 Å². The molecular weight excluding hydrogens is 363 g/mol. The highest BCUT2D eigenvalue weighted by atomic mass is 32.1. The third-order valence-corrected chi connectivity index (χ3v) is 5.95. The zero-order valence-corrected chi connectivity index (χ0v) is 15.9. The fourth-order valence-electron chi connectivity index (χ4n) is 3.69. The molecule has 3 rings (SSSR count). The first-order chi connectivity index (χ1) is 12.5. The van der Waals surface area contributed by atoms with Gasteiger partial charge in [-0.25, -0.2) is 4.98 Å². The maximum atomic E-state index is 12.6. The summed E-state index contributed by atoms with van der Waals surface area (Å²) in [6.07, 6.45) is 1.15. The van der Waals surface area contributed by atoms with Gasteiger partial charge in [-0.1, -0.05) is 6.42 Å². The first kappa shape index (κ1) is 19.4. The van der Waals surface area contributed by atoms with Gasteiger partial charge in [0.2, 0.25) is 0 Å². The monoisotopic (exact) mass is 389 g/mol. The van der Waals surface area contributed by atoms with E-state index >= 15 is 0 Å². The zero-order chi connectivity index (χ0) is 18.6. The highest BCUT2D eigenvalue weighted by Crippen LogP contribution is 2.30. The summed E-state index contributed by atoms with van der Waals surface area (Å²) in [5.41, 5.74) is -0.800. The lowest BCUT2D eigenvalue weighted by Crippen LogP contribution is -2.44. The van der Waals surface area contributed by atoms with E-state index in [1.54, 1.807) is 7.05 Å². The predicted molar refractivity (Wildman–Crippen MR) is 97.6 cm³/mol. The third kappa shape index (κ3) is 4.88. The summed E-state index contributed by atoms with van der Waals surface area (Å²) in [5, 5.41) is 4.84. The Kier molecular flexibility index (Phi) is 6.39. The molecule has 1 aromatic heterocycles. The van der Waals surface area contributed by atoms with Crippen LogP contribution in [0.2, 0.25) is 0 Å². The summed E-state index contributed by atoms with van der Waals surface area (Å²) in [5.74, 6) is 0.831. The van der Waals surface area contributed by atoms with Gasteiger partial charge in [-0.15, -0.1) is 11.3 Å². The number of aliphatic imine (C=N–C) groups is 1. The Morgan fingerprint density at radius 1 is 1.31 bits per heavy atom. The summed E-state index contributed by atoms with van der Waals surface area (Å²) >= 11 is 1.06. The Morgan fingerprint density at radius 2 is 2.08 bits per heavy atom. The number of guanidine groups is 1. The van der Waals surface area contributed by atoms with E-state index in [-0.39, 0.29) is 0 Å². The molecule has 0 aromatic carbocycles. The average Bonchev–Trinajstić information content (AvgIpc) is 3.29. The molecule has 2 aliphatic rings. The normalized spacial score (nSPS) is 22.8. The molecule has 0 radical (unpaired) electrons. The van der Waals surface area contributed by atoms with Gasteiger partial charge in [0.05, 0.1) is 5.01 Å². The Balaban J connectivity index is 1.45. The molecule has 1 aromatic rings. The Hall–Kier alpha value is -1.35. The van der Waals surface area contributed by atoms with E-state index < -0.39 is 11.9 Å². The van der Waals surface area contributed by atoms with E-state index in [4.69, 9.17) is 0 Å². The van der Waals surface area contributed by atoms with Crippen LogP contribution < -0.4 is 5.32 Å². The van der Waals surface area contributed by atoms with Crippen molar-refractivity contribution in [2.75, 3.05) is 39.8 Å². The molecule has 146 valence electrons. The van der Waals surface area contributed by atoms with Crippen LogP contribution in [0.1, 0.15) is 36.4 Å². The second-order valence-electron chi connectivity index (χ2n) is 6.83. The standard InChI is InChI=1S/C17H26F3N5S/c1-21-16(22-7-5-15-23-14(12-26-15)17(18,19)20)25-10-6-13(11-25)24-8-3-2-4-9-24/h12-13H,2-11H2,1H3,(H,21,22). The molecule has 26 heavy (non-hydrogen) atoms. The van der Waals surface area contributed by atoms with Crippen LogP contribution in [0.25, 0.3) is 0 Å². The molecule has 0 spiro atoms. The lowest BCUT2D eigenvalue weighted by Gasteiger charge is -2.32. The molecule has 1 atom stereocenters. The second-order valence-corrected chi connectivity index (χ2v) is 7.78. The van der Waals surface area contributed by atoms with E-state index in [0.29, 0.717) is 24.0 Å². The van der Waals surface area contributed by atoms with E-state index in [9.17, 15) is 13.2 Å². The number of alkyl halides is 3. The van der Waals surface area contributed by atoms with Gasteiger partial charge in [-0.3, -0.25) is 9.89 Å². The number of likely N-dealkylation sites (tertiary alicyclic amines) is 2. The number of halogens is 3. The van der Waals surface area contributed by atoms with Gasteiger partial charge in [-0.05, 0) is 32.4 Å². The molecule has 2 saturated heterocycles. The van der Waals surface area contributed by atoms with Crippen LogP contribution in [-0.2, 0) is 12.6 Å². The van der Waals surface area contributed by atoms with E-state index in [1.165, 1.54) is 32.4 Å². The maximum absolute atomic E-state index is 12.6. The van der Waals surface area contributed by atoms with Crippen molar-refractivity contribution in [3.63, 3.8) is 0 Å². The molecule has 3 heterocycles. The van der Waals surface area contributed by atoms with Crippen molar-refractivity contribution in [3.8, 4) is 0 Å². The van der Waals surface area contributed by atoms with Gasteiger partial charge in [0, 0.05) is 44.5 Å². The fourth-order valence-corrected chi connectivity index (χ4v) is 4.49. The van der Waals surface area contributed by atoms with Crippen LogP contribution in [0.15, 0.2) is 10.4 Å². The predicted octanol–water partition coefficient (Wildman–Crippen LogP) is 2.84. The zero-order valence-electron chi connectivity index (χ0n) is 15.1. The SMILES string of the molecule is CN=C(NCCc1nc(C(F)(F)F)cs1)N1CCC(N2CCCCC2)C1. The fraction of sp³-hybridized carbons (Fsp3) is 0.765. The first-order valence-electron chi connectivity index (χ1n) is 9.18. The van der Waals surface area contributed by atoms with Crippen molar-refractivity contribution in [3.05, 3.63) is 16.1 Å². The Morgan fingerprint density at radius 3 is 2.73 bits per heavy atom. The minimum Gasteiger partial charge on any atom is -0.356 e. The van der Waals surface area contributed by atoms with Gasteiger partial charge >= 0.3 is 6.18 Å². The van der Waals surface area contributed by atoms with Crippen molar-refractivity contribution in [2.45, 2.75) is 44.3 Å². The molecule has 1 N–H and O–H groups in total. The number of hydrogen-bond acceptors (Lipinski definition) is 4. The molecule has 0 saturated carbocycles. The quantitative estimate of drug-likeness (QED) is 0.635. The van der Waals surface area contributed by atoms with Gasteiger partial charge in [0.15, 0.2) is 11.7 Å². The van der Waals surface area contributed by atoms with E-state index in [0.717, 1.165) is 42.2 Å². The summed E-state index contributed by atoms with van der Waals surface area (Å²) in [7, 11) is 1.75. The van der Waals surface area contributed by atoms with Crippen molar-refractivity contribution in [1.29, 1.82) is 0 Å². The molecule has 0 bridgehead atoms. The number of rotatable bonds is 4. The highest BCUT2D eigenvalue weighted by molar-refractivity contribution is 7.09. The summed E-state index contributed by atoms with van der Waals surface area (Å²) in [6, 6.07) is 0.585. The van der Waals surface area contributed by atoms with Crippen LogP contribution in [-0.4, -0.2) is 66.6 Å². The molecule has 0 amide bonds. The molecule has 1 unspecified atom stereocenters. The average molecular weight is 389 g/mol. The summed E-state index contributed by atoms with van der Waals surface area (Å²) in [4.78, 5) is 12.9. The van der Waals surface area contributed by atoms with Crippen molar-refractivity contribution >= 4 is 17.3 Å². The highest BCUT2D eigenvalue weighted by Gasteiger charge is 2.33. The number of nitrogens with one attached hydrogen (secondary N) is 1. The largest absolute Gasteiger partial charge is 0.434 e. The van der Waals surface area contributed by atoms with Crippen LogP contribution >= 0.6 is 11.3 Å². The number of hydrogen-bond donors (Lipinski definition) is 1. The minimum atomic E-state index is -4.36. The molecule has 9 heteroatoms. The van der Waals surface area contributed by atoms with Crippen LogP contribution in [0, 0.1) is 0 Å². The lowest BCUT2D eigenvalue weighted by atomic mass is 10.1. The van der Waals surface area contributed by atoms with Crippen LogP contribution in [0.3, 0.4) is 0 Å². The van der Waals surface area contributed by atoms with Crippen molar-refractivity contribution < 1.29 is 13.2 Å². The van der Waals surface area contributed by atoms with Crippen LogP contribution in [0.5, 0.6) is 0 Å². The molecule has 2 fully saturated rings. The van der Waals surface area contributed by atoms with Gasteiger partial charge in [0.1, 0.15) is 0 Å². The molecule has 5 nitrogen and oxygen atoms in total. The maximum Gasteiger partial charge on any atom is 0.434 e. The van der Waals surface area contributed by atoms with Crippen LogP contribution in [0.4, 0.5) is 13.2 Å². The van der Waals surface area contributed by atoms with Gasteiger partial charge in [-0.2, -0.15) is 13.2 Å². The third-order valence-electron chi connectivity index (χ3n) is 5.05. The van der Waals surface area contributed by atoms with E-state index in [1.807, 2.05) is 0 Å². The smallest absolute Gasteiger partial charge is 0.356 e. The number of piperidine rings is 1. The van der Waals surface area contributed by atoms with Gasteiger partial charge in [0.25, 0.3) is 0 Å². The number of nitrogens with zero attached hydrogens (tertiary/aromatic N) is 4. The molecular formula is C17H26F3N5S. The lowest BCUT2D eigenvalue weighted by molar-refractivity contribution is -0.140. The van der Waals surface area contributed by atoms with E-state index in [2.05, 4.69) is 25.1 Å². The Bertz CT molecular complexity index is 610. The topological polar surface area (TPSA) is 43.8 Å². The molecule has 0 aliphatic carbocycles. The second kappa shape index (κ2) is 8.56. The number of thiazole rings is 1. The number of aromatic nitrogens is 1.